The van der Waals surface area contributed by atoms with Crippen molar-refractivity contribution in [3.05, 3.63) is 30.3 Å². The number of hydrogen-bond acceptors (Lipinski definition) is 5. The van der Waals surface area contributed by atoms with Crippen LogP contribution in [0.25, 0.3) is 0 Å². The Morgan fingerprint density at radius 3 is 2.61 bits per heavy atom. The van der Waals surface area contributed by atoms with Crippen LogP contribution < -0.4 is 5.32 Å². The third-order valence-corrected chi connectivity index (χ3v) is 5.76. The smallest absolute Gasteiger partial charge is 0.261 e. The first kappa shape index (κ1) is 15.7. The van der Waals surface area contributed by atoms with Gasteiger partial charge in [-0.15, -0.1) is 0 Å². The van der Waals surface area contributed by atoms with E-state index in [1.165, 1.54) is 5.01 Å². The molecule has 1 aromatic carbocycles. The molecule has 1 fully saturated rings. The van der Waals surface area contributed by atoms with E-state index < -0.39 is 33.6 Å². The maximum atomic E-state index is 12.5. The van der Waals surface area contributed by atoms with E-state index in [0.29, 0.717) is 17.8 Å². The summed E-state index contributed by atoms with van der Waals surface area (Å²) in [6, 6.07) is 8.37. The minimum atomic E-state index is -3.12. The third-order valence-electron chi connectivity index (χ3n) is 4.01. The van der Waals surface area contributed by atoms with Gasteiger partial charge in [0.2, 0.25) is 5.91 Å². The fourth-order valence-corrected chi connectivity index (χ4v) is 4.55. The van der Waals surface area contributed by atoms with Crippen molar-refractivity contribution in [3.8, 4) is 0 Å². The minimum Gasteiger partial charge on any atom is -0.325 e. The Morgan fingerprint density at radius 2 is 2.00 bits per heavy atom. The Kier molecular flexibility index (Phi) is 3.93. The lowest BCUT2D eigenvalue weighted by molar-refractivity contribution is -0.137. The van der Waals surface area contributed by atoms with Crippen LogP contribution in [0.3, 0.4) is 0 Å². The van der Waals surface area contributed by atoms with Crippen molar-refractivity contribution in [2.45, 2.75) is 19.4 Å². The highest BCUT2D eigenvalue weighted by atomic mass is 32.2. The van der Waals surface area contributed by atoms with Crippen LogP contribution in [0.5, 0.6) is 0 Å². The molecule has 2 heterocycles. The molecule has 122 valence electrons. The molecule has 8 heteroatoms. The molecule has 2 atom stereocenters. The summed E-state index contributed by atoms with van der Waals surface area (Å²) in [5.74, 6) is -1.96. The van der Waals surface area contributed by atoms with Gasteiger partial charge in [0.1, 0.15) is 0 Å². The third kappa shape index (κ3) is 3.12. The second-order valence-corrected chi connectivity index (χ2v) is 8.00. The van der Waals surface area contributed by atoms with Crippen molar-refractivity contribution < 1.29 is 18.0 Å². The normalized spacial score (nSPS) is 26.2. The predicted molar refractivity (Wildman–Crippen MR) is 85.6 cm³/mol. The van der Waals surface area contributed by atoms with Crippen LogP contribution in [0.2, 0.25) is 0 Å². The molecule has 7 nitrogen and oxygen atoms in total. The molecule has 2 amide bonds. The van der Waals surface area contributed by atoms with Crippen molar-refractivity contribution in [3.63, 3.8) is 0 Å². The SMILES string of the molecule is CC1=NN([C@@H]2CCS(=O)(=O)C2)C(=O)[C@H]1C(=O)Nc1ccccc1. The summed E-state index contributed by atoms with van der Waals surface area (Å²) < 4.78 is 23.2. The Balaban J connectivity index is 1.74. The summed E-state index contributed by atoms with van der Waals surface area (Å²) in [5.41, 5.74) is 0.979. The van der Waals surface area contributed by atoms with Gasteiger partial charge >= 0.3 is 0 Å². The summed E-state index contributed by atoms with van der Waals surface area (Å²) in [7, 11) is -3.12. The monoisotopic (exact) mass is 335 g/mol. The predicted octanol–water partition coefficient (Wildman–Crippen LogP) is 0.646. The summed E-state index contributed by atoms with van der Waals surface area (Å²) in [4.78, 5) is 24.9. The van der Waals surface area contributed by atoms with Gasteiger partial charge in [-0.1, -0.05) is 18.2 Å². The average Bonchev–Trinajstić information content (AvgIpc) is 2.99. The number of rotatable bonds is 3. The van der Waals surface area contributed by atoms with E-state index in [1.807, 2.05) is 6.07 Å². The van der Waals surface area contributed by atoms with Crippen molar-refractivity contribution in [2.24, 2.45) is 11.0 Å². The number of carbonyl (C=O) groups excluding carboxylic acids is 2. The van der Waals surface area contributed by atoms with Gasteiger partial charge in [-0.2, -0.15) is 5.10 Å². The van der Waals surface area contributed by atoms with Crippen molar-refractivity contribution in [1.82, 2.24) is 5.01 Å². The molecule has 1 aromatic rings. The van der Waals surface area contributed by atoms with Gasteiger partial charge in [0.15, 0.2) is 15.8 Å². The first-order chi connectivity index (χ1) is 10.9. The Bertz CT molecular complexity index is 773. The van der Waals surface area contributed by atoms with Crippen LogP contribution in [0, 0.1) is 5.92 Å². The first-order valence-electron chi connectivity index (χ1n) is 7.32. The number of para-hydroxylation sites is 1. The van der Waals surface area contributed by atoms with Gasteiger partial charge in [-0.3, -0.25) is 9.59 Å². The summed E-state index contributed by atoms with van der Waals surface area (Å²) in [5, 5.41) is 8.00. The molecule has 1 N–H and O–H groups in total. The minimum absolute atomic E-state index is 0.0525. The van der Waals surface area contributed by atoms with Gasteiger partial charge in [-0.05, 0) is 25.5 Å². The summed E-state index contributed by atoms with van der Waals surface area (Å²) >= 11 is 0. The van der Waals surface area contributed by atoms with Gasteiger partial charge < -0.3 is 5.32 Å². The highest BCUT2D eigenvalue weighted by Gasteiger charge is 2.44. The zero-order chi connectivity index (χ0) is 16.6. The second kappa shape index (κ2) is 5.77. The van der Waals surface area contributed by atoms with E-state index in [2.05, 4.69) is 10.4 Å². The lowest BCUT2D eigenvalue weighted by atomic mass is 10.0. The van der Waals surface area contributed by atoms with E-state index in [4.69, 9.17) is 0 Å². The number of benzene rings is 1. The fourth-order valence-electron chi connectivity index (χ4n) is 2.86. The quantitative estimate of drug-likeness (QED) is 0.820. The number of hydrogen-bond donors (Lipinski definition) is 1. The number of hydrazone groups is 1. The zero-order valence-electron chi connectivity index (χ0n) is 12.6. The van der Waals surface area contributed by atoms with E-state index in [0.717, 1.165) is 0 Å². The van der Waals surface area contributed by atoms with Gasteiger partial charge in [-0.25, -0.2) is 13.4 Å². The van der Waals surface area contributed by atoms with E-state index in [-0.39, 0.29) is 11.5 Å². The molecule has 2 aliphatic heterocycles. The van der Waals surface area contributed by atoms with Crippen molar-refractivity contribution in [1.29, 1.82) is 0 Å². The zero-order valence-corrected chi connectivity index (χ0v) is 13.4. The molecular weight excluding hydrogens is 318 g/mol. The molecule has 0 radical (unpaired) electrons. The number of anilines is 1. The molecule has 2 aliphatic rings. The number of nitrogens with one attached hydrogen (secondary N) is 1. The highest BCUT2D eigenvalue weighted by molar-refractivity contribution is 7.91. The van der Waals surface area contributed by atoms with E-state index >= 15 is 0 Å². The molecule has 3 rings (SSSR count). The Hall–Kier alpha value is -2.22. The summed E-state index contributed by atoms with van der Waals surface area (Å²) in [6.07, 6.45) is 0.359. The highest BCUT2D eigenvalue weighted by Crippen LogP contribution is 2.26. The fraction of sp³-hybridized carbons (Fsp3) is 0.400. The molecule has 0 unspecified atom stereocenters. The Labute approximate surface area is 134 Å². The maximum absolute atomic E-state index is 12.5. The summed E-state index contributed by atoms with van der Waals surface area (Å²) in [6.45, 7) is 1.61. The van der Waals surface area contributed by atoms with Crippen LogP contribution in [0.1, 0.15) is 13.3 Å². The molecule has 0 saturated carbocycles. The van der Waals surface area contributed by atoms with Crippen LogP contribution in [-0.4, -0.2) is 48.5 Å². The van der Waals surface area contributed by atoms with Crippen LogP contribution >= 0.6 is 0 Å². The molecular formula is C15H17N3O4S. The second-order valence-electron chi connectivity index (χ2n) is 5.77. The lowest BCUT2D eigenvalue weighted by Crippen LogP contribution is -2.40. The van der Waals surface area contributed by atoms with Gasteiger partial charge in [0, 0.05) is 5.69 Å². The van der Waals surface area contributed by atoms with E-state index in [1.54, 1.807) is 31.2 Å². The maximum Gasteiger partial charge on any atom is 0.261 e. The average molecular weight is 335 g/mol. The number of carbonyl (C=O) groups is 2. The van der Waals surface area contributed by atoms with Gasteiger partial charge in [0.25, 0.3) is 5.91 Å². The lowest BCUT2D eigenvalue weighted by Gasteiger charge is -2.19. The molecule has 0 spiro atoms. The van der Waals surface area contributed by atoms with Crippen LogP contribution in [-0.2, 0) is 19.4 Å². The molecule has 0 aliphatic carbocycles. The van der Waals surface area contributed by atoms with Crippen molar-refractivity contribution in [2.75, 3.05) is 16.8 Å². The largest absolute Gasteiger partial charge is 0.325 e. The Morgan fingerprint density at radius 1 is 1.30 bits per heavy atom. The molecule has 0 aromatic heterocycles. The number of nitrogens with zero attached hydrogens (tertiary/aromatic N) is 2. The van der Waals surface area contributed by atoms with E-state index in [9.17, 15) is 18.0 Å². The molecule has 1 saturated heterocycles. The molecule has 0 bridgehead atoms. The van der Waals surface area contributed by atoms with Crippen molar-refractivity contribution >= 4 is 33.1 Å². The number of amides is 2. The first-order valence-corrected chi connectivity index (χ1v) is 9.14. The standard InChI is InChI=1S/C15H17N3O4S/c1-10-13(14(19)16-11-5-3-2-4-6-11)15(20)18(17-10)12-7-8-23(21,22)9-12/h2-6,12-13H,7-9H2,1H3,(H,16,19)/t12-,13-/m1/s1. The van der Waals surface area contributed by atoms with Gasteiger partial charge in [0.05, 0.1) is 23.3 Å². The van der Waals surface area contributed by atoms with Crippen LogP contribution in [0.4, 0.5) is 5.69 Å². The topological polar surface area (TPSA) is 95.9 Å². The number of sulfone groups is 1. The van der Waals surface area contributed by atoms with Crippen LogP contribution in [0.15, 0.2) is 35.4 Å². The molecule has 23 heavy (non-hydrogen) atoms.